The van der Waals surface area contributed by atoms with Crippen LogP contribution in [0.2, 0.25) is 0 Å². The standard InChI is InChI=1S/C16H10N2O3/c19-9-3-5-11-4-1-6-12(10-11)18-15(20)13-7-2-8-17-14(13)16(18)21/h1-2,4,6-8,10,19H,9H2. The van der Waals surface area contributed by atoms with Crippen LogP contribution in [0.1, 0.15) is 26.4 Å². The highest BCUT2D eigenvalue weighted by atomic mass is 16.2. The second kappa shape index (κ2) is 5.19. The van der Waals surface area contributed by atoms with Crippen molar-refractivity contribution in [2.75, 3.05) is 11.5 Å². The molecule has 1 aromatic carbocycles. The van der Waals surface area contributed by atoms with Crippen LogP contribution in [0.15, 0.2) is 42.6 Å². The second-order valence-corrected chi connectivity index (χ2v) is 4.36. The maximum Gasteiger partial charge on any atom is 0.284 e. The summed E-state index contributed by atoms with van der Waals surface area (Å²) in [4.78, 5) is 29.7. The molecule has 0 atom stereocenters. The van der Waals surface area contributed by atoms with Crippen molar-refractivity contribution < 1.29 is 14.7 Å². The van der Waals surface area contributed by atoms with Gasteiger partial charge in [0.1, 0.15) is 12.3 Å². The number of rotatable bonds is 1. The first-order chi connectivity index (χ1) is 10.2. The third kappa shape index (κ3) is 2.18. The number of aliphatic hydroxyl groups excluding tert-OH is 1. The quantitative estimate of drug-likeness (QED) is 0.629. The van der Waals surface area contributed by atoms with E-state index in [0.717, 1.165) is 4.90 Å². The number of amides is 2. The third-order valence-electron chi connectivity index (χ3n) is 3.06. The van der Waals surface area contributed by atoms with Gasteiger partial charge in [-0.05, 0) is 30.3 Å². The molecule has 1 aromatic heterocycles. The van der Waals surface area contributed by atoms with Gasteiger partial charge in [0.25, 0.3) is 11.8 Å². The Balaban J connectivity index is 2.03. The third-order valence-corrected chi connectivity index (χ3v) is 3.06. The van der Waals surface area contributed by atoms with E-state index < -0.39 is 11.8 Å². The molecule has 0 bridgehead atoms. The van der Waals surface area contributed by atoms with Gasteiger partial charge in [-0.2, -0.15) is 0 Å². The molecule has 0 aliphatic carbocycles. The minimum atomic E-state index is -0.442. The van der Waals surface area contributed by atoms with Gasteiger partial charge in [0, 0.05) is 11.8 Å². The Morgan fingerprint density at radius 2 is 2.00 bits per heavy atom. The number of hydrogen-bond acceptors (Lipinski definition) is 4. The van der Waals surface area contributed by atoms with Gasteiger partial charge in [0.15, 0.2) is 0 Å². The van der Waals surface area contributed by atoms with Gasteiger partial charge in [-0.15, -0.1) is 0 Å². The molecule has 0 fully saturated rings. The fourth-order valence-electron chi connectivity index (χ4n) is 2.17. The molecule has 2 heterocycles. The van der Waals surface area contributed by atoms with Crippen molar-refractivity contribution >= 4 is 17.5 Å². The minimum absolute atomic E-state index is 0.161. The number of benzene rings is 1. The van der Waals surface area contributed by atoms with E-state index in [1.165, 1.54) is 6.20 Å². The minimum Gasteiger partial charge on any atom is -0.384 e. The number of carbonyl (C=O) groups excluding carboxylic acids is 2. The monoisotopic (exact) mass is 278 g/mol. The maximum atomic E-state index is 12.3. The Bertz CT molecular complexity index is 767. The van der Waals surface area contributed by atoms with Gasteiger partial charge in [0.2, 0.25) is 0 Å². The van der Waals surface area contributed by atoms with Gasteiger partial charge in [-0.3, -0.25) is 14.6 Å². The fourth-order valence-corrected chi connectivity index (χ4v) is 2.17. The number of nitrogens with zero attached hydrogens (tertiary/aromatic N) is 2. The Morgan fingerprint density at radius 3 is 2.76 bits per heavy atom. The van der Waals surface area contributed by atoms with E-state index in [9.17, 15) is 9.59 Å². The summed E-state index contributed by atoms with van der Waals surface area (Å²) in [6.07, 6.45) is 1.48. The van der Waals surface area contributed by atoms with E-state index in [0.29, 0.717) is 16.8 Å². The van der Waals surface area contributed by atoms with E-state index in [4.69, 9.17) is 5.11 Å². The molecule has 0 radical (unpaired) electrons. The number of carbonyl (C=O) groups is 2. The predicted molar refractivity (Wildman–Crippen MR) is 75.8 cm³/mol. The molecule has 0 spiro atoms. The van der Waals surface area contributed by atoms with Gasteiger partial charge in [0.05, 0.1) is 11.3 Å². The molecule has 5 nitrogen and oxygen atoms in total. The fraction of sp³-hybridized carbons (Fsp3) is 0.0625. The van der Waals surface area contributed by atoms with Crippen LogP contribution >= 0.6 is 0 Å². The van der Waals surface area contributed by atoms with Crippen molar-refractivity contribution in [2.45, 2.75) is 0 Å². The number of aliphatic hydroxyl groups is 1. The molecular weight excluding hydrogens is 268 g/mol. The number of aromatic nitrogens is 1. The average Bonchev–Trinajstić information content (AvgIpc) is 2.78. The number of imide groups is 1. The van der Waals surface area contributed by atoms with Gasteiger partial charge >= 0.3 is 0 Å². The molecule has 21 heavy (non-hydrogen) atoms. The zero-order chi connectivity index (χ0) is 14.8. The smallest absolute Gasteiger partial charge is 0.284 e. The zero-order valence-corrected chi connectivity index (χ0v) is 10.9. The van der Waals surface area contributed by atoms with Crippen LogP contribution in [0.5, 0.6) is 0 Å². The molecule has 2 amide bonds. The average molecular weight is 278 g/mol. The number of pyridine rings is 1. The lowest BCUT2D eigenvalue weighted by molar-refractivity contribution is 0.0924. The van der Waals surface area contributed by atoms with Crippen molar-refractivity contribution in [1.29, 1.82) is 0 Å². The van der Waals surface area contributed by atoms with Gasteiger partial charge in [-0.1, -0.05) is 17.9 Å². The van der Waals surface area contributed by atoms with Gasteiger partial charge < -0.3 is 5.11 Å². The molecule has 1 N–H and O–H groups in total. The molecule has 5 heteroatoms. The van der Waals surface area contributed by atoms with Crippen LogP contribution < -0.4 is 4.90 Å². The van der Waals surface area contributed by atoms with Crippen molar-refractivity contribution in [3.63, 3.8) is 0 Å². The Kier molecular flexibility index (Phi) is 3.22. The predicted octanol–water partition coefficient (Wildman–Crippen LogP) is 1.23. The summed E-state index contributed by atoms with van der Waals surface area (Å²) >= 11 is 0. The summed E-state index contributed by atoms with van der Waals surface area (Å²) < 4.78 is 0. The first-order valence-corrected chi connectivity index (χ1v) is 6.26. The molecule has 3 rings (SSSR count). The van der Waals surface area contributed by atoms with Crippen LogP contribution in [-0.2, 0) is 0 Å². The Hall–Kier alpha value is -2.97. The van der Waals surface area contributed by atoms with E-state index in [-0.39, 0.29) is 12.3 Å². The number of fused-ring (bicyclic) bond motifs is 1. The molecule has 0 unspecified atom stereocenters. The lowest BCUT2D eigenvalue weighted by atomic mass is 10.2. The summed E-state index contributed by atoms with van der Waals surface area (Å²) in [5, 5.41) is 8.71. The molecule has 2 aromatic rings. The first-order valence-electron chi connectivity index (χ1n) is 6.26. The second-order valence-electron chi connectivity index (χ2n) is 4.36. The van der Waals surface area contributed by atoms with Crippen molar-refractivity contribution in [3.05, 3.63) is 59.4 Å². The topological polar surface area (TPSA) is 70.5 Å². The lowest BCUT2D eigenvalue weighted by Crippen LogP contribution is -2.29. The van der Waals surface area contributed by atoms with Crippen molar-refractivity contribution in [1.82, 2.24) is 4.98 Å². The van der Waals surface area contributed by atoms with Crippen molar-refractivity contribution in [3.8, 4) is 11.8 Å². The molecule has 1 aliphatic heterocycles. The molecule has 0 saturated carbocycles. The van der Waals surface area contributed by atoms with Gasteiger partial charge in [-0.25, -0.2) is 4.90 Å². The lowest BCUT2D eigenvalue weighted by Gasteiger charge is -2.13. The van der Waals surface area contributed by atoms with E-state index in [1.807, 2.05) is 0 Å². The normalized spacial score (nSPS) is 12.9. The highest BCUT2D eigenvalue weighted by Gasteiger charge is 2.37. The van der Waals surface area contributed by atoms with E-state index >= 15 is 0 Å². The summed E-state index contributed by atoms with van der Waals surface area (Å²) in [5.41, 5.74) is 1.52. The Labute approximate surface area is 120 Å². The molecule has 1 aliphatic rings. The molecular formula is C16H10N2O3. The van der Waals surface area contributed by atoms with Crippen molar-refractivity contribution in [2.24, 2.45) is 0 Å². The largest absolute Gasteiger partial charge is 0.384 e. The number of anilines is 1. The summed E-state index contributed by atoms with van der Waals surface area (Å²) in [5.74, 6) is 4.44. The Morgan fingerprint density at radius 1 is 1.14 bits per heavy atom. The van der Waals surface area contributed by atoms with Crippen LogP contribution in [0, 0.1) is 11.8 Å². The van der Waals surface area contributed by atoms with E-state index in [2.05, 4.69) is 16.8 Å². The van der Waals surface area contributed by atoms with Crippen LogP contribution in [0.25, 0.3) is 0 Å². The summed E-state index contributed by atoms with van der Waals surface area (Å²) in [6, 6.07) is 9.93. The van der Waals surface area contributed by atoms with Crippen LogP contribution in [0.4, 0.5) is 5.69 Å². The molecule has 0 saturated heterocycles. The van der Waals surface area contributed by atoms with E-state index in [1.54, 1.807) is 36.4 Å². The number of hydrogen-bond donors (Lipinski definition) is 1. The summed E-state index contributed by atoms with van der Waals surface area (Å²) in [7, 11) is 0. The maximum absolute atomic E-state index is 12.3. The first kappa shape index (κ1) is 13.0. The SMILES string of the molecule is O=C1c2cccnc2C(=O)N1c1cccc(C#CCO)c1. The van der Waals surface area contributed by atoms with Crippen LogP contribution in [-0.4, -0.2) is 28.5 Å². The highest BCUT2D eigenvalue weighted by molar-refractivity contribution is 6.33. The van der Waals surface area contributed by atoms with Crippen LogP contribution in [0.3, 0.4) is 0 Å². The molecule has 102 valence electrons. The zero-order valence-electron chi connectivity index (χ0n) is 10.9. The summed E-state index contributed by atoms with van der Waals surface area (Å²) in [6.45, 7) is -0.249. The highest BCUT2D eigenvalue weighted by Crippen LogP contribution is 2.27.